The fourth-order valence-electron chi connectivity index (χ4n) is 4.77. The number of anilines is 1. The van der Waals surface area contributed by atoms with Crippen molar-refractivity contribution in [1.82, 2.24) is 19.4 Å². The largest absolute Gasteiger partial charge is 0.375 e. The molecule has 0 radical (unpaired) electrons. The standard InChI is InChI=1S/C19H25N5OS/c20-19-22-17-12(5-4-8-15(17)26-19)18(25)23-9-10-24-14-7-3-1-2-6-13(14)21-16(24)11-23/h12H,1-11H2,(H2,20,22). The molecule has 0 spiro atoms. The van der Waals surface area contributed by atoms with Gasteiger partial charge >= 0.3 is 0 Å². The minimum atomic E-state index is -0.119. The van der Waals surface area contributed by atoms with Crippen LogP contribution in [0.2, 0.25) is 0 Å². The highest BCUT2D eigenvalue weighted by atomic mass is 32.1. The summed E-state index contributed by atoms with van der Waals surface area (Å²) in [5, 5.41) is 0.590. The highest BCUT2D eigenvalue weighted by Gasteiger charge is 2.35. The number of aryl methyl sites for hydroxylation is 2. The molecular formula is C19H25N5OS. The predicted octanol–water partition coefficient (Wildman–Crippen LogP) is 2.65. The van der Waals surface area contributed by atoms with Gasteiger partial charge < -0.3 is 15.2 Å². The molecule has 1 unspecified atom stereocenters. The summed E-state index contributed by atoms with van der Waals surface area (Å²) in [6.45, 7) is 2.29. The van der Waals surface area contributed by atoms with Gasteiger partial charge in [-0.25, -0.2) is 9.97 Å². The summed E-state index contributed by atoms with van der Waals surface area (Å²) in [7, 11) is 0. The van der Waals surface area contributed by atoms with Gasteiger partial charge in [-0.3, -0.25) is 4.79 Å². The third-order valence-corrected chi connectivity index (χ3v) is 7.03. The Kier molecular flexibility index (Phi) is 3.99. The molecule has 2 aromatic heterocycles. The lowest BCUT2D eigenvalue weighted by atomic mass is 9.89. The van der Waals surface area contributed by atoms with Gasteiger partial charge in [0.15, 0.2) is 5.13 Å². The zero-order valence-corrected chi connectivity index (χ0v) is 15.9. The lowest BCUT2D eigenvalue weighted by Gasteiger charge is -2.32. The van der Waals surface area contributed by atoms with Crippen molar-refractivity contribution in [2.45, 2.75) is 70.4 Å². The highest BCUT2D eigenvalue weighted by molar-refractivity contribution is 7.15. The summed E-state index contributed by atoms with van der Waals surface area (Å²) in [6.07, 6.45) is 8.97. The second kappa shape index (κ2) is 6.37. The molecule has 0 saturated heterocycles. The van der Waals surface area contributed by atoms with Crippen LogP contribution in [-0.4, -0.2) is 31.9 Å². The van der Waals surface area contributed by atoms with Crippen LogP contribution in [-0.2, 0) is 37.1 Å². The number of imidazole rings is 1. The molecule has 1 atom stereocenters. The smallest absolute Gasteiger partial charge is 0.232 e. The van der Waals surface area contributed by atoms with Crippen molar-refractivity contribution >= 4 is 22.4 Å². The van der Waals surface area contributed by atoms with Gasteiger partial charge in [-0.1, -0.05) is 6.42 Å². The molecule has 2 N–H and O–H groups in total. The molecule has 3 heterocycles. The van der Waals surface area contributed by atoms with Crippen molar-refractivity contribution in [2.24, 2.45) is 0 Å². The lowest BCUT2D eigenvalue weighted by molar-refractivity contribution is -0.134. The number of nitrogens with zero attached hydrogens (tertiary/aromatic N) is 4. The van der Waals surface area contributed by atoms with Crippen molar-refractivity contribution in [3.05, 3.63) is 27.8 Å². The Bertz CT molecular complexity index is 854. The van der Waals surface area contributed by atoms with Crippen molar-refractivity contribution in [1.29, 1.82) is 0 Å². The number of thiazole rings is 1. The fourth-order valence-corrected chi connectivity index (χ4v) is 5.71. The van der Waals surface area contributed by atoms with Crippen LogP contribution in [0.4, 0.5) is 5.13 Å². The molecule has 26 heavy (non-hydrogen) atoms. The fraction of sp³-hybridized carbons (Fsp3) is 0.632. The predicted molar refractivity (Wildman–Crippen MR) is 101 cm³/mol. The molecule has 7 heteroatoms. The van der Waals surface area contributed by atoms with Crippen molar-refractivity contribution in [2.75, 3.05) is 12.3 Å². The van der Waals surface area contributed by atoms with E-state index in [2.05, 4.69) is 9.55 Å². The van der Waals surface area contributed by atoms with Crippen molar-refractivity contribution in [3.63, 3.8) is 0 Å². The van der Waals surface area contributed by atoms with Gasteiger partial charge in [-0.15, -0.1) is 11.3 Å². The van der Waals surface area contributed by atoms with E-state index in [0.29, 0.717) is 11.7 Å². The first-order chi connectivity index (χ1) is 12.7. The molecule has 0 aromatic carbocycles. The Morgan fingerprint density at radius 3 is 2.88 bits per heavy atom. The number of carbonyl (C=O) groups is 1. The van der Waals surface area contributed by atoms with Crippen molar-refractivity contribution < 1.29 is 4.79 Å². The molecule has 138 valence electrons. The minimum absolute atomic E-state index is 0.119. The van der Waals surface area contributed by atoms with Crippen LogP contribution in [0.5, 0.6) is 0 Å². The Morgan fingerprint density at radius 2 is 1.96 bits per heavy atom. The van der Waals surface area contributed by atoms with Crippen LogP contribution < -0.4 is 5.73 Å². The Morgan fingerprint density at radius 1 is 1.08 bits per heavy atom. The molecule has 0 fully saturated rings. The van der Waals surface area contributed by atoms with E-state index in [9.17, 15) is 4.79 Å². The number of nitrogens with two attached hydrogens (primary N) is 1. The minimum Gasteiger partial charge on any atom is -0.375 e. The van der Waals surface area contributed by atoms with Gasteiger partial charge in [-0.05, 0) is 44.9 Å². The second-order valence-electron chi connectivity index (χ2n) is 7.70. The summed E-state index contributed by atoms with van der Waals surface area (Å²) in [5.41, 5.74) is 9.54. The number of hydrogen-bond acceptors (Lipinski definition) is 5. The average molecular weight is 372 g/mol. The SMILES string of the molecule is Nc1nc2c(s1)CCCC2C(=O)N1CCn2c(nc3c2CCCCC3)C1. The maximum absolute atomic E-state index is 13.2. The van der Waals surface area contributed by atoms with E-state index in [1.165, 1.54) is 35.5 Å². The van der Waals surface area contributed by atoms with E-state index in [1.807, 2.05) is 4.90 Å². The molecule has 2 aromatic rings. The third-order valence-electron chi connectivity index (χ3n) is 6.07. The molecule has 3 aliphatic rings. The third kappa shape index (κ3) is 2.64. The number of hydrogen-bond donors (Lipinski definition) is 1. The average Bonchev–Trinajstić information content (AvgIpc) is 3.11. The van der Waals surface area contributed by atoms with Crippen LogP contribution in [0.1, 0.15) is 65.8 Å². The summed E-state index contributed by atoms with van der Waals surface area (Å²) in [4.78, 5) is 25.8. The topological polar surface area (TPSA) is 77.0 Å². The normalized spacial score (nSPS) is 22.3. The molecular weight excluding hydrogens is 346 g/mol. The molecule has 0 bridgehead atoms. The van der Waals surface area contributed by atoms with Crippen LogP contribution >= 0.6 is 11.3 Å². The van der Waals surface area contributed by atoms with Gasteiger partial charge in [0.05, 0.1) is 23.9 Å². The Balaban J connectivity index is 1.39. The van der Waals surface area contributed by atoms with Crippen molar-refractivity contribution in [3.8, 4) is 0 Å². The molecule has 5 rings (SSSR count). The number of amides is 1. The highest BCUT2D eigenvalue weighted by Crippen LogP contribution is 2.37. The first-order valence-electron chi connectivity index (χ1n) is 9.81. The Hall–Kier alpha value is -1.89. The quantitative estimate of drug-likeness (QED) is 0.782. The number of nitrogen functional groups attached to an aromatic ring is 1. The van der Waals surface area contributed by atoms with Gasteiger partial charge in [-0.2, -0.15) is 0 Å². The summed E-state index contributed by atoms with van der Waals surface area (Å²) in [5.74, 6) is 1.16. The van der Waals surface area contributed by atoms with Crippen LogP contribution in [0.3, 0.4) is 0 Å². The van der Waals surface area contributed by atoms with E-state index < -0.39 is 0 Å². The molecule has 1 aliphatic heterocycles. The number of carbonyl (C=O) groups excluding carboxylic acids is 1. The zero-order chi connectivity index (χ0) is 17.7. The monoisotopic (exact) mass is 371 g/mol. The number of rotatable bonds is 1. The molecule has 2 aliphatic carbocycles. The zero-order valence-electron chi connectivity index (χ0n) is 15.0. The molecule has 6 nitrogen and oxygen atoms in total. The van der Waals surface area contributed by atoms with E-state index in [4.69, 9.17) is 10.7 Å². The summed E-state index contributed by atoms with van der Waals surface area (Å²) in [6, 6.07) is 0. The summed E-state index contributed by atoms with van der Waals surface area (Å²) < 4.78 is 2.39. The van der Waals surface area contributed by atoms with Gasteiger partial charge in [0.1, 0.15) is 5.82 Å². The lowest BCUT2D eigenvalue weighted by Crippen LogP contribution is -2.42. The Labute approximate surface area is 157 Å². The number of fused-ring (bicyclic) bond motifs is 4. The van der Waals surface area contributed by atoms with Gasteiger partial charge in [0.25, 0.3) is 0 Å². The summed E-state index contributed by atoms with van der Waals surface area (Å²) >= 11 is 1.55. The van der Waals surface area contributed by atoms with Crippen LogP contribution in [0.25, 0.3) is 0 Å². The van der Waals surface area contributed by atoms with Crippen LogP contribution in [0, 0.1) is 0 Å². The second-order valence-corrected chi connectivity index (χ2v) is 8.81. The first kappa shape index (κ1) is 16.3. The maximum Gasteiger partial charge on any atom is 0.232 e. The molecule has 1 amide bonds. The molecule has 0 saturated carbocycles. The maximum atomic E-state index is 13.2. The van der Waals surface area contributed by atoms with Gasteiger partial charge in [0.2, 0.25) is 5.91 Å². The van der Waals surface area contributed by atoms with E-state index in [1.54, 1.807) is 11.3 Å². The van der Waals surface area contributed by atoms with E-state index >= 15 is 0 Å². The first-order valence-corrected chi connectivity index (χ1v) is 10.6. The van der Waals surface area contributed by atoms with Gasteiger partial charge in [0, 0.05) is 23.7 Å². The van der Waals surface area contributed by atoms with Crippen LogP contribution in [0.15, 0.2) is 0 Å². The van der Waals surface area contributed by atoms with E-state index in [0.717, 1.165) is 56.7 Å². The number of aromatic nitrogens is 3. The van der Waals surface area contributed by atoms with E-state index in [-0.39, 0.29) is 11.8 Å².